The van der Waals surface area contributed by atoms with Crippen LogP contribution in [0.4, 0.5) is 17.1 Å². The first-order chi connectivity index (χ1) is 8.08. The zero-order chi connectivity index (χ0) is 12.4. The van der Waals surface area contributed by atoms with Crippen molar-refractivity contribution in [2.24, 2.45) is 0 Å². The fourth-order valence-electron chi connectivity index (χ4n) is 1.78. The van der Waals surface area contributed by atoms with Gasteiger partial charge in [0, 0.05) is 29.1 Å². The van der Waals surface area contributed by atoms with Crippen LogP contribution in [0.2, 0.25) is 5.02 Å². The van der Waals surface area contributed by atoms with Gasteiger partial charge in [-0.15, -0.1) is 0 Å². The van der Waals surface area contributed by atoms with E-state index in [1.54, 1.807) is 0 Å². The lowest BCUT2D eigenvalue weighted by atomic mass is 10.1. The van der Waals surface area contributed by atoms with Crippen molar-refractivity contribution in [1.29, 1.82) is 0 Å². The van der Waals surface area contributed by atoms with Crippen molar-refractivity contribution in [3.05, 3.63) is 53.1 Å². The van der Waals surface area contributed by atoms with Crippen molar-refractivity contribution in [1.82, 2.24) is 0 Å². The van der Waals surface area contributed by atoms with Crippen LogP contribution in [0.5, 0.6) is 0 Å². The number of benzene rings is 2. The number of nitrogens with zero attached hydrogens (tertiary/aromatic N) is 1. The Bertz CT molecular complexity index is 520. The number of aryl methyl sites for hydroxylation is 1. The van der Waals surface area contributed by atoms with E-state index in [9.17, 15) is 0 Å². The summed E-state index contributed by atoms with van der Waals surface area (Å²) in [6, 6.07) is 13.7. The highest BCUT2D eigenvalue weighted by Crippen LogP contribution is 2.29. The number of nitrogens with two attached hydrogens (primary N) is 1. The van der Waals surface area contributed by atoms with E-state index in [4.69, 9.17) is 17.3 Å². The van der Waals surface area contributed by atoms with Crippen LogP contribution in [-0.2, 0) is 0 Å². The molecule has 0 bridgehead atoms. The normalized spacial score (nSPS) is 10.3. The van der Waals surface area contributed by atoms with Gasteiger partial charge >= 0.3 is 0 Å². The van der Waals surface area contributed by atoms with Crippen LogP contribution in [0.25, 0.3) is 0 Å². The van der Waals surface area contributed by atoms with Gasteiger partial charge in [0.1, 0.15) is 0 Å². The highest BCUT2D eigenvalue weighted by atomic mass is 35.5. The first kappa shape index (κ1) is 11.8. The molecule has 0 fully saturated rings. The molecule has 2 N–H and O–H groups in total. The van der Waals surface area contributed by atoms with Crippen molar-refractivity contribution in [3.8, 4) is 0 Å². The van der Waals surface area contributed by atoms with Gasteiger partial charge in [-0.1, -0.05) is 17.7 Å². The molecule has 0 spiro atoms. The molecule has 0 atom stereocenters. The minimum Gasteiger partial charge on any atom is -0.399 e. The summed E-state index contributed by atoms with van der Waals surface area (Å²) in [5.74, 6) is 0. The molecule has 0 saturated carbocycles. The Labute approximate surface area is 107 Å². The zero-order valence-corrected chi connectivity index (χ0v) is 10.7. The molecule has 0 aliphatic carbocycles. The number of hydrogen-bond acceptors (Lipinski definition) is 2. The van der Waals surface area contributed by atoms with Crippen molar-refractivity contribution in [2.45, 2.75) is 6.92 Å². The maximum Gasteiger partial charge on any atom is 0.0452 e. The minimum atomic E-state index is 0.743. The summed E-state index contributed by atoms with van der Waals surface area (Å²) >= 11 is 6.03. The lowest BCUT2D eigenvalue weighted by Gasteiger charge is -2.22. The Morgan fingerprint density at radius 2 is 1.71 bits per heavy atom. The molecule has 0 unspecified atom stereocenters. The summed E-state index contributed by atoms with van der Waals surface area (Å²) in [6.45, 7) is 2.07. The van der Waals surface area contributed by atoms with Gasteiger partial charge in [-0.25, -0.2) is 0 Å². The maximum absolute atomic E-state index is 6.03. The second-order valence-electron chi connectivity index (χ2n) is 4.08. The summed E-state index contributed by atoms with van der Waals surface area (Å²) in [7, 11) is 2.02. The Morgan fingerprint density at radius 3 is 2.35 bits per heavy atom. The van der Waals surface area contributed by atoms with Gasteiger partial charge in [-0.2, -0.15) is 0 Å². The van der Waals surface area contributed by atoms with Crippen LogP contribution < -0.4 is 10.6 Å². The van der Waals surface area contributed by atoms with Gasteiger partial charge in [-0.05, 0) is 48.9 Å². The van der Waals surface area contributed by atoms with E-state index in [1.165, 1.54) is 5.56 Å². The largest absolute Gasteiger partial charge is 0.399 e. The molecule has 88 valence electrons. The second-order valence-corrected chi connectivity index (χ2v) is 4.52. The van der Waals surface area contributed by atoms with Crippen molar-refractivity contribution in [3.63, 3.8) is 0 Å². The molecule has 17 heavy (non-hydrogen) atoms. The molecule has 0 radical (unpaired) electrons. The van der Waals surface area contributed by atoms with Crippen LogP contribution in [0.1, 0.15) is 5.56 Å². The Kier molecular flexibility index (Phi) is 3.25. The molecule has 2 rings (SSSR count). The highest BCUT2D eigenvalue weighted by Gasteiger charge is 2.07. The first-order valence-electron chi connectivity index (χ1n) is 5.43. The van der Waals surface area contributed by atoms with Gasteiger partial charge in [0.25, 0.3) is 0 Å². The van der Waals surface area contributed by atoms with E-state index in [0.717, 1.165) is 22.1 Å². The molecule has 2 aromatic rings. The molecular formula is C14H15ClN2. The molecule has 0 saturated heterocycles. The third-order valence-corrected chi connectivity index (χ3v) is 3.05. The van der Waals surface area contributed by atoms with E-state index in [-0.39, 0.29) is 0 Å². The molecule has 0 aliphatic heterocycles. The van der Waals surface area contributed by atoms with E-state index in [0.29, 0.717) is 0 Å². The third-order valence-electron chi connectivity index (χ3n) is 2.81. The molecule has 0 aromatic heterocycles. The SMILES string of the molecule is Cc1ccc(Cl)cc1N(C)c1ccc(N)cc1. The average molecular weight is 247 g/mol. The fraction of sp³-hybridized carbons (Fsp3) is 0.143. The lowest BCUT2D eigenvalue weighted by Crippen LogP contribution is -2.10. The van der Waals surface area contributed by atoms with Crippen molar-refractivity contribution < 1.29 is 0 Å². The van der Waals surface area contributed by atoms with Crippen LogP contribution in [-0.4, -0.2) is 7.05 Å². The molecular weight excluding hydrogens is 232 g/mol. The summed E-state index contributed by atoms with van der Waals surface area (Å²) in [6.07, 6.45) is 0. The van der Waals surface area contributed by atoms with E-state index >= 15 is 0 Å². The third kappa shape index (κ3) is 2.53. The molecule has 3 heteroatoms. The van der Waals surface area contributed by atoms with Crippen LogP contribution >= 0.6 is 11.6 Å². The van der Waals surface area contributed by atoms with Gasteiger partial charge in [0.05, 0.1) is 0 Å². The molecule has 2 aromatic carbocycles. The van der Waals surface area contributed by atoms with E-state index < -0.39 is 0 Å². The number of anilines is 3. The molecule has 2 nitrogen and oxygen atoms in total. The Balaban J connectivity index is 2.39. The lowest BCUT2D eigenvalue weighted by molar-refractivity contribution is 1.19. The van der Waals surface area contributed by atoms with Gasteiger partial charge in [-0.3, -0.25) is 0 Å². The summed E-state index contributed by atoms with van der Waals surface area (Å²) in [5.41, 5.74) is 9.82. The van der Waals surface area contributed by atoms with Gasteiger partial charge in [0.15, 0.2) is 0 Å². The van der Waals surface area contributed by atoms with Gasteiger partial charge in [0.2, 0.25) is 0 Å². The molecule has 0 heterocycles. The van der Waals surface area contributed by atoms with E-state index in [1.807, 2.05) is 49.5 Å². The number of hydrogen-bond donors (Lipinski definition) is 1. The number of rotatable bonds is 2. The zero-order valence-electron chi connectivity index (χ0n) is 9.94. The topological polar surface area (TPSA) is 29.3 Å². The van der Waals surface area contributed by atoms with Crippen LogP contribution in [0.3, 0.4) is 0 Å². The van der Waals surface area contributed by atoms with Crippen molar-refractivity contribution in [2.75, 3.05) is 17.7 Å². The average Bonchev–Trinajstić information content (AvgIpc) is 2.32. The maximum atomic E-state index is 6.03. The number of halogens is 1. The highest BCUT2D eigenvalue weighted by molar-refractivity contribution is 6.30. The number of nitrogen functional groups attached to an aromatic ring is 1. The summed E-state index contributed by atoms with van der Waals surface area (Å²) in [4.78, 5) is 2.10. The van der Waals surface area contributed by atoms with E-state index in [2.05, 4.69) is 11.8 Å². The summed E-state index contributed by atoms with van der Waals surface area (Å²) < 4.78 is 0. The predicted octanol–water partition coefficient (Wildman–Crippen LogP) is 4.00. The predicted molar refractivity (Wildman–Crippen MR) is 75.1 cm³/mol. The summed E-state index contributed by atoms with van der Waals surface area (Å²) in [5, 5.41) is 0.743. The second kappa shape index (κ2) is 4.68. The smallest absolute Gasteiger partial charge is 0.0452 e. The first-order valence-corrected chi connectivity index (χ1v) is 5.81. The monoisotopic (exact) mass is 246 g/mol. The van der Waals surface area contributed by atoms with Gasteiger partial charge < -0.3 is 10.6 Å². The van der Waals surface area contributed by atoms with Crippen molar-refractivity contribution >= 4 is 28.7 Å². The molecule has 0 amide bonds. The fourth-order valence-corrected chi connectivity index (χ4v) is 1.95. The quantitative estimate of drug-likeness (QED) is 0.812. The van der Waals surface area contributed by atoms with Crippen LogP contribution in [0.15, 0.2) is 42.5 Å². The Hall–Kier alpha value is -1.67. The minimum absolute atomic E-state index is 0.743. The standard InChI is InChI=1S/C14H15ClN2/c1-10-3-4-11(15)9-14(10)17(2)13-7-5-12(16)6-8-13/h3-9H,16H2,1-2H3. The Morgan fingerprint density at radius 1 is 1.06 bits per heavy atom. The van der Waals surface area contributed by atoms with Crippen LogP contribution in [0, 0.1) is 6.92 Å². The molecule has 0 aliphatic rings.